The number of nitrogens with zero attached hydrogens (tertiary/aromatic N) is 2. The van der Waals surface area contributed by atoms with Crippen LogP contribution in [0.2, 0.25) is 0 Å². The van der Waals surface area contributed by atoms with Gasteiger partial charge in [0.2, 0.25) is 0 Å². The van der Waals surface area contributed by atoms with Crippen molar-refractivity contribution in [1.29, 1.82) is 0 Å². The quantitative estimate of drug-likeness (QED) is 0.422. The molecule has 38 heavy (non-hydrogen) atoms. The molecule has 0 aliphatic carbocycles. The molecule has 2 aliphatic heterocycles. The van der Waals surface area contributed by atoms with Gasteiger partial charge in [-0.15, -0.1) is 0 Å². The van der Waals surface area contributed by atoms with Gasteiger partial charge in [-0.25, -0.2) is 4.79 Å². The summed E-state index contributed by atoms with van der Waals surface area (Å²) in [4.78, 5) is 30.9. The summed E-state index contributed by atoms with van der Waals surface area (Å²) < 4.78 is 5.60. The Balaban J connectivity index is 0.00000336. The molecule has 7 heteroatoms. The van der Waals surface area contributed by atoms with Gasteiger partial charge in [0, 0.05) is 26.1 Å². The van der Waals surface area contributed by atoms with Gasteiger partial charge >= 0.3 is 6.09 Å². The molecule has 5 nitrogen and oxygen atoms in total. The zero-order valence-electron chi connectivity index (χ0n) is 22.3. The van der Waals surface area contributed by atoms with Gasteiger partial charge < -0.3 is 31.5 Å². The van der Waals surface area contributed by atoms with Crippen molar-refractivity contribution in [2.45, 2.75) is 50.9 Å². The highest BCUT2D eigenvalue weighted by Crippen LogP contribution is 2.62. The molecule has 1 unspecified atom stereocenters. The lowest BCUT2D eigenvalue weighted by atomic mass is 10.2. The molecule has 0 bridgehead atoms. The van der Waals surface area contributed by atoms with E-state index in [0.717, 1.165) is 12.8 Å². The Morgan fingerprint density at radius 3 is 1.71 bits per heavy atom. The van der Waals surface area contributed by atoms with Crippen LogP contribution in [0.3, 0.4) is 0 Å². The first kappa shape index (κ1) is 28.3. The molecule has 3 aromatic rings. The second-order valence-corrected chi connectivity index (χ2v) is 14.6. The fourth-order valence-corrected chi connectivity index (χ4v) is 10.8. The minimum atomic E-state index is -2.29. The molecule has 2 aliphatic rings. The van der Waals surface area contributed by atoms with Crippen molar-refractivity contribution in [2.75, 3.05) is 19.6 Å². The maximum absolute atomic E-state index is 14.4. The molecular weight excluding hydrogens is 559 g/mol. The molecule has 2 saturated heterocycles. The third-order valence-electron chi connectivity index (χ3n) is 7.43. The van der Waals surface area contributed by atoms with Crippen LogP contribution in [0.4, 0.5) is 4.79 Å². The van der Waals surface area contributed by atoms with Crippen molar-refractivity contribution in [1.82, 2.24) is 9.80 Å². The Morgan fingerprint density at radius 1 is 0.789 bits per heavy atom. The van der Waals surface area contributed by atoms with E-state index in [1.54, 1.807) is 4.90 Å². The number of amides is 2. The molecule has 0 saturated carbocycles. The number of carbonyl (C=O) groups excluding carboxylic acids is 2. The molecule has 0 radical (unpaired) electrons. The van der Waals surface area contributed by atoms with Gasteiger partial charge in [0.05, 0.1) is 6.04 Å². The zero-order valence-corrected chi connectivity index (χ0v) is 24.8. The largest absolute Gasteiger partial charge is 1.00 e. The average Bonchev–Trinajstić information content (AvgIpc) is 3.53. The lowest BCUT2D eigenvalue weighted by molar-refractivity contribution is -0.129. The second-order valence-electron chi connectivity index (χ2n) is 10.9. The van der Waals surface area contributed by atoms with Gasteiger partial charge in [-0.3, -0.25) is 4.79 Å². The topological polar surface area (TPSA) is 49.9 Å². The first-order valence-electron chi connectivity index (χ1n) is 13.1. The fourth-order valence-electron chi connectivity index (χ4n) is 5.87. The minimum Gasteiger partial charge on any atom is -1.00 e. The molecule has 200 valence electrons. The molecular formula is C31H36BrN2O3P. The number of carbonyl (C=O) groups is 2. The molecule has 3 aromatic carbocycles. The van der Waals surface area contributed by atoms with Crippen molar-refractivity contribution in [3.05, 3.63) is 91.0 Å². The standard InChI is InChI=1S/C31H36N2O3P.BrH/c1-31(2,3)36-30(35)32-21-19-24(23-32)33-22-20-28(29(33)34)37(25-13-7-4-8-14-25,26-15-9-5-10-16-26)27-17-11-6-12-18-27;/h4-18,24,28H,19-23H2,1-3H3;1H/q+1;/p-1/t24-,28?;/m0./s1. The van der Waals surface area contributed by atoms with Gasteiger partial charge in [-0.1, -0.05) is 54.6 Å². The molecule has 0 aromatic heterocycles. The Morgan fingerprint density at radius 2 is 1.26 bits per heavy atom. The number of rotatable bonds is 5. The maximum atomic E-state index is 14.4. The van der Waals surface area contributed by atoms with Crippen molar-refractivity contribution in [3.8, 4) is 0 Å². The Labute approximate surface area is 237 Å². The Hall–Kier alpha value is -2.69. The van der Waals surface area contributed by atoms with E-state index < -0.39 is 12.9 Å². The van der Waals surface area contributed by atoms with Crippen molar-refractivity contribution in [2.24, 2.45) is 0 Å². The second kappa shape index (κ2) is 11.6. The van der Waals surface area contributed by atoms with E-state index >= 15 is 0 Å². The summed E-state index contributed by atoms with van der Waals surface area (Å²) in [6.07, 6.45) is 1.29. The fraction of sp³-hybridized carbons (Fsp3) is 0.355. The summed E-state index contributed by atoms with van der Waals surface area (Å²) in [5.41, 5.74) is -0.676. The van der Waals surface area contributed by atoms with Gasteiger partial charge in [0.25, 0.3) is 5.91 Å². The predicted octanol–water partition coefficient (Wildman–Crippen LogP) is 1.59. The van der Waals surface area contributed by atoms with Crippen LogP contribution in [-0.4, -0.2) is 58.7 Å². The summed E-state index contributed by atoms with van der Waals surface area (Å²) >= 11 is 0. The number of likely N-dealkylation sites (tertiary alicyclic amines) is 2. The third-order valence-corrected chi connectivity index (χ3v) is 12.2. The lowest BCUT2D eigenvalue weighted by Crippen LogP contribution is -3.00. The maximum Gasteiger partial charge on any atom is 0.410 e. The lowest BCUT2D eigenvalue weighted by Gasteiger charge is -2.32. The van der Waals surface area contributed by atoms with E-state index in [-0.39, 0.29) is 40.7 Å². The molecule has 2 amide bonds. The highest BCUT2D eigenvalue weighted by Gasteiger charge is 2.59. The molecule has 2 atom stereocenters. The highest BCUT2D eigenvalue weighted by molar-refractivity contribution is 7.96. The normalized spacial score (nSPS) is 19.8. The van der Waals surface area contributed by atoms with E-state index in [4.69, 9.17) is 4.74 Å². The van der Waals surface area contributed by atoms with Crippen LogP contribution in [-0.2, 0) is 9.53 Å². The number of hydrogen-bond acceptors (Lipinski definition) is 3. The van der Waals surface area contributed by atoms with E-state index in [9.17, 15) is 9.59 Å². The molecule has 0 spiro atoms. The summed E-state index contributed by atoms with van der Waals surface area (Å²) in [6.45, 7) is 7.50. The summed E-state index contributed by atoms with van der Waals surface area (Å²) in [6, 6.07) is 31.9. The number of hydrogen-bond donors (Lipinski definition) is 0. The minimum absolute atomic E-state index is 0. The number of benzene rings is 3. The van der Waals surface area contributed by atoms with Gasteiger partial charge in [0.1, 0.15) is 28.8 Å². The molecule has 2 fully saturated rings. The smallest absolute Gasteiger partial charge is 0.410 e. The van der Waals surface area contributed by atoms with Crippen molar-refractivity contribution in [3.63, 3.8) is 0 Å². The van der Waals surface area contributed by atoms with Crippen LogP contribution in [0.5, 0.6) is 0 Å². The van der Waals surface area contributed by atoms with Crippen LogP contribution in [0.15, 0.2) is 91.0 Å². The van der Waals surface area contributed by atoms with E-state index in [1.807, 2.05) is 39.0 Å². The highest BCUT2D eigenvalue weighted by atomic mass is 79.9. The van der Waals surface area contributed by atoms with Crippen LogP contribution in [0.25, 0.3) is 0 Å². The predicted molar refractivity (Wildman–Crippen MR) is 151 cm³/mol. The molecule has 5 rings (SSSR count). The number of ether oxygens (including phenoxy) is 1. The van der Waals surface area contributed by atoms with E-state index in [2.05, 4.69) is 77.7 Å². The van der Waals surface area contributed by atoms with Crippen molar-refractivity contribution < 1.29 is 31.3 Å². The van der Waals surface area contributed by atoms with E-state index in [1.165, 1.54) is 15.9 Å². The SMILES string of the molecule is CC(C)(C)OC(=O)N1CC[C@H](N2CCC([P+](c3ccccc3)(c3ccccc3)c3ccccc3)C2=O)C1.[Br-]. The summed E-state index contributed by atoms with van der Waals surface area (Å²) in [7, 11) is -2.29. The van der Waals surface area contributed by atoms with Crippen LogP contribution >= 0.6 is 7.26 Å². The molecule has 2 heterocycles. The van der Waals surface area contributed by atoms with Crippen LogP contribution in [0.1, 0.15) is 33.6 Å². The van der Waals surface area contributed by atoms with Gasteiger partial charge in [-0.2, -0.15) is 0 Å². The Kier molecular flexibility index (Phi) is 8.64. The zero-order chi connectivity index (χ0) is 26.0. The van der Waals surface area contributed by atoms with Crippen molar-refractivity contribution >= 4 is 35.2 Å². The number of halogens is 1. The first-order valence-corrected chi connectivity index (χ1v) is 15.0. The first-order chi connectivity index (χ1) is 17.8. The molecule has 0 N–H and O–H groups in total. The summed E-state index contributed by atoms with van der Waals surface area (Å²) in [5.74, 6) is 0.209. The van der Waals surface area contributed by atoms with E-state index in [0.29, 0.717) is 19.6 Å². The third kappa shape index (κ3) is 5.39. The van der Waals surface area contributed by atoms with Gasteiger partial charge in [-0.05, 0) is 63.6 Å². The van der Waals surface area contributed by atoms with Crippen LogP contribution in [0, 0.1) is 0 Å². The summed E-state index contributed by atoms with van der Waals surface area (Å²) in [5, 5.41) is 3.69. The Bertz CT molecular complexity index is 1140. The monoisotopic (exact) mass is 594 g/mol. The van der Waals surface area contributed by atoms with Crippen LogP contribution < -0.4 is 32.9 Å². The average molecular weight is 596 g/mol. The van der Waals surface area contributed by atoms with Gasteiger partial charge in [0.15, 0.2) is 5.66 Å².